The Labute approximate surface area is 166 Å². The van der Waals surface area contributed by atoms with Crippen molar-refractivity contribution in [3.8, 4) is 11.5 Å². The Kier molecular flexibility index (Phi) is 5.00. The topological polar surface area (TPSA) is 117 Å². The van der Waals surface area contributed by atoms with Gasteiger partial charge in [0.1, 0.15) is 5.69 Å². The number of nitrogens with zero attached hydrogens (tertiary/aromatic N) is 5. The van der Waals surface area contributed by atoms with E-state index in [2.05, 4.69) is 15.4 Å². The van der Waals surface area contributed by atoms with E-state index in [1.165, 1.54) is 20.7 Å². The lowest BCUT2D eigenvalue weighted by Crippen LogP contribution is -2.34. The van der Waals surface area contributed by atoms with E-state index in [0.29, 0.717) is 30.5 Å². The molecule has 0 atom stereocenters. The molecule has 4 rings (SSSR count). The summed E-state index contributed by atoms with van der Waals surface area (Å²) in [6.45, 7) is 1.04. The third-order valence-corrected chi connectivity index (χ3v) is 4.53. The first kappa shape index (κ1) is 18.7. The summed E-state index contributed by atoms with van der Waals surface area (Å²) in [5, 5.41) is 16.1. The van der Waals surface area contributed by atoms with Crippen LogP contribution in [0.15, 0.2) is 47.1 Å². The predicted molar refractivity (Wildman–Crippen MR) is 105 cm³/mol. The fourth-order valence-corrected chi connectivity index (χ4v) is 3.15. The number of carbonyl (C=O) groups excluding carboxylic acids is 2. The molecule has 1 fully saturated rings. The number of urea groups is 1. The average Bonchev–Trinajstić information content (AvgIpc) is 3.43. The highest BCUT2D eigenvalue weighted by molar-refractivity contribution is 6.05. The third kappa shape index (κ3) is 3.69. The van der Waals surface area contributed by atoms with E-state index in [-0.39, 0.29) is 24.9 Å². The molecular weight excluding hydrogens is 376 g/mol. The molecule has 1 aliphatic heterocycles. The Hall–Kier alpha value is -3.66. The standard InChI is InChI=1S/C19H20N6O4/c1-23-12-14(16(22-23)25-8-7-24(9-10-26)19(25)28)21-17(27)15-11-20-18(29-15)13-5-3-2-4-6-13/h2-6,11-12,26H,7-10H2,1H3,(H,21,27). The summed E-state index contributed by atoms with van der Waals surface area (Å²) >= 11 is 0. The maximum atomic E-state index is 12.7. The van der Waals surface area contributed by atoms with Crippen LogP contribution in [0.1, 0.15) is 10.6 Å². The lowest BCUT2D eigenvalue weighted by Gasteiger charge is -2.17. The first-order chi connectivity index (χ1) is 14.1. The second-order valence-corrected chi connectivity index (χ2v) is 6.53. The Morgan fingerprint density at radius 2 is 2.07 bits per heavy atom. The van der Waals surface area contributed by atoms with Gasteiger partial charge >= 0.3 is 6.03 Å². The first-order valence-electron chi connectivity index (χ1n) is 9.10. The van der Waals surface area contributed by atoms with Gasteiger partial charge in [0.15, 0.2) is 5.82 Å². The molecule has 3 heterocycles. The second kappa shape index (κ2) is 7.76. The average molecular weight is 396 g/mol. The highest BCUT2D eigenvalue weighted by Gasteiger charge is 2.33. The van der Waals surface area contributed by atoms with E-state index in [4.69, 9.17) is 9.52 Å². The minimum absolute atomic E-state index is 0.0494. The Bertz CT molecular complexity index is 1030. The number of oxazole rings is 1. The van der Waals surface area contributed by atoms with Gasteiger partial charge in [0, 0.05) is 32.2 Å². The van der Waals surface area contributed by atoms with Crippen molar-refractivity contribution in [1.82, 2.24) is 19.7 Å². The maximum Gasteiger partial charge on any atom is 0.325 e. The SMILES string of the molecule is Cn1cc(NC(=O)c2cnc(-c3ccccc3)o2)c(N2CCN(CCO)C2=O)n1. The molecule has 0 aliphatic carbocycles. The number of anilines is 2. The van der Waals surface area contributed by atoms with E-state index >= 15 is 0 Å². The van der Waals surface area contributed by atoms with Crippen LogP contribution in [0.5, 0.6) is 0 Å². The molecule has 2 aromatic heterocycles. The molecular formula is C19H20N6O4. The molecule has 1 saturated heterocycles. The van der Waals surface area contributed by atoms with Gasteiger partial charge in [-0.15, -0.1) is 0 Å². The molecule has 10 heteroatoms. The van der Waals surface area contributed by atoms with Crippen molar-refractivity contribution in [2.24, 2.45) is 7.05 Å². The lowest BCUT2D eigenvalue weighted by molar-refractivity contribution is 0.0997. The molecule has 2 N–H and O–H groups in total. The zero-order valence-corrected chi connectivity index (χ0v) is 15.8. The third-order valence-electron chi connectivity index (χ3n) is 4.53. The summed E-state index contributed by atoms with van der Waals surface area (Å²) in [5.74, 6) is 0.242. The first-order valence-corrected chi connectivity index (χ1v) is 9.10. The summed E-state index contributed by atoms with van der Waals surface area (Å²) in [7, 11) is 1.70. The second-order valence-electron chi connectivity index (χ2n) is 6.53. The largest absolute Gasteiger partial charge is 0.431 e. The zero-order valence-electron chi connectivity index (χ0n) is 15.8. The van der Waals surface area contributed by atoms with Crippen LogP contribution in [-0.4, -0.2) is 63.0 Å². The predicted octanol–water partition coefficient (Wildman–Crippen LogP) is 1.56. The lowest BCUT2D eigenvalue weighted by atomic mass is 10.2. The highest BCUT2D eigenvalue weighted by Crippen LogP contribution is 2.28. The molecule has 3 aromatic rings. The summed E-state index contributed by atoms with van der Waals surface area (Å²) in [4.78, 5) is 32.3. The van der Waals surface area contributed by atoms with E-state index in [1.54, 1.807) is 13.2 Å². The minimum atomic E-state index is -0.493. The van der Waals surface area contributed by atoms with Gasteiger partial charge < -0.3 is 19.7 Å². The van der Waals surface area contributed by atoms with E-state index in [0.717, 1.165) is 5.56 Å². The molecule has 0 bridgehead atoms. The normalized spacial score (nSPS) is 13.9. The summed E-state index contributed by atoms with van der Waals surface area (Å²) in [6.07, 6.45) is 2.97. The van der Waals surface area contributed by atoms with Crippen LogP contribution in [0.4, 0.5) is 16.3 Å². The van der Waals surface area contributed by atoms with Gasteiger partial charge in [0.25, 0.3) is 5.91 Å². The molecule has 29 heavy (non-hydrogen) atoms. The number of aryl methyl sites for hydroxylation is 1. The van der Waals surface area contributed by atoms with E-state index in [9.17, 15) is 9.59 Å². The molecule has 0 radical (unpaired) electrons. The summed E-state index contributed by atoms with van der Waals surface area (Å²) in [5.41, 5.74) is 1.15. The van der Waals surface area contributed by atoms with Crippen LogP contribution in [0.2, 0.25) is 0 Å². The van der Waals surface area contributed by atoms with Crippen molar-refractivity contribution in [1.29, 1.82) is 0 Å². The maximum absolute atomic E-state index is 12.7. The Morgan fingerprint density at radius 1 is 1.28 bits per heavy atom. The Morgan fingerprint density at radius 3 is 2.83 bits per heavy atom. The number of hydrogen-bond acceptors (Lipinski definition) is 6. The van der Waals surface area contributed by atoms with Gasteiger partial charge in [-0.2, -0.15) is 5.10 Å². The van der Waals surface area contributed by atoms with Crippen molar-refractivity contribution in [3.63, 3.8) is 0 Å². The fraction of sp³-hybridized carbons (Fsp3) is 0.263. The highest BCUT2D eigenvalue weighted by atomic mass is 16.4. The number of hydrogen-bond donors (Lipinski definition) is 2. The molecule has 10 nitrogen and oxygen atoms in total. The summed E-state index contributed by atoms with van der Waals surface area (Å²) < 4.78 is 7.10. The van der Waals surface area contributed by atoms with E-state index in [1.807, 2.05) is 30.3 Å². The summed E-state index contributed by atoms with van der Waals surface area (Å²) in [6, 6.07) is 9.00. The minimum Gasteiger partial charge on any atom is -0.431 e. The van der Waals surface area contributed by atoms with Gasteiger partial charge in [-0.25, -0.2) is 9.78 Å². The number of amides is 3. The molecule has 1 aliphatic rings. The Balaban J connectivity index is 1.53. The van der Waals surface area contributed by atoms with E-state index < -0.39 is 5.91 Å². The number of aliphatic hydroxyl groups excluding tert-OH is 1. The molecule has 0 saturated carbocycles. The number of carbonyl (C=O) groups is 2. The van der Waals surface area contributed by atoms with Gasteiger partial charge in [-0.3, -0.25) is 14.4 Å². The smallest absolute Gasteiger partial charge is 0.325 e. The van der Waals surface area contributed by atoms with Gasteiger partial charge in [-0.1, -0.05) is 18.2 Å². The monoisotopic (exact) mass is 396 g/mol. The van der Waals surface area contributed by atoms with Crippen molar-refractivity contribution in [2.45, 2.75) is 0 Å². The quantitative estimate of drug-likeness (QED) is 0.653. The number of nitrogens with one attached hydrogen (secondary N) is 1. The van der Waals surface area contributed by atoms with Crippen molar-refractivity contribution >= 4 is 23.4 Å². The number of β-amino-alcohol motifs (C(OH)–C–C–N with tert-alkyl or cyclic N) is 1. The van der Waals surface area contributed by atoms with Gasteiger partial charge in [-0.05, 0) is 12.1 Å². The van der Waals surface area contributed by atoms with Crippen molar-refractivity contribution in [2.75, 3.05) is 36.5 Å². The number of rotatable bonds is 6. The molecule has 150 valence electrons. The van der Waals surface area contributed by atoms with Crippen LogP contribution in [0, 0.1) is 0 Å². The molecule has 1 aromatic carbocycles. The number of aromatic nitrogens is 3. The number of aliphatic hydroxyl groups is 1. The molecule has 0 spiro atoms. The van der Waals surface area contributed by atoms with Crippen molar-refractivity contribution in [3.05, 3.63) is 48.5 Å². The van der Waals surface area contributed by atoms with Crippen molar-refractivity contribution < 1.29 is 19.1 Å². The van der Waals surface area contributed by atoms with Crippen LogP contribution >= 0.6 is 0 Å². The zero-order chi connectivity index (χ0) is 20.4. The van der Waals surface area contributed by atoms with Crippen LogP contribution in [0.3, 0.4) is 0 Å². The van der Waals surface area contributed by atoms with Gasteiger partial charge in [0.05, 0.1) is 19.0 Å². The molecule has 0 unspecified atom stereocenters. The van der Waals surface area contributed by atoms with Crippen LogP contribution in [-0.2, 0) is 7.05 Å². The fourth-order valence-electron chi connectivity index (χ4n) is 3.15. The number of benzene rings is 1. The van der Waals surface area contributed by atoms with Gasteiger partial charge in [0.2, 0.25) is 11.7 Å². The van der Waals surface area contributed by atoms with Crippen LogP contribution in [0.25, 0.3) is 11.5 Å². The molecule has 3 amide bonds. The van der Waals surface area contributed by atoms with Crippen LogP contribution < -0.4 is 10.2 Å².